The van der Waals surface area contributed by atoms with E-state index in [2.05, 4.69) is 16.0 Å². The lowest BCUT2D eigenvalue weighted by atomic mass is 10.1. The number of nitriles is 1. The molecule has 0 aliphatic rings. The van der Waals surface area contributed by atoms with Gasteiger partial charge in [0.2, 0.25) is 0 Å². The molecule has 0 aliphatic carbocycles. The van der Waals surface area contributed by atoms with Crippen LogP contribution in [-0.2, 0) is 0 Å². The highest BCUT2D eigenvalue weighted by Crippen LogP contribution is 2.28. The quantitative estimate of drug-likeness (QED) is 0.855. The van der Waals surface area contributed by atoms with Crippen LogP contribution in [0, 0.1) is 39.0 Å². The molecule has 20 heavy (non-hydrogen) atoms. The Balaban J connectivity index is 2.49. The van der Waals surface area contributed by atoms with Gasteiger partial charge in [-0.15, -0.1) is 11.3 Å². The number of hydrogen-bond donors (Lipinski definition) is 1. The Labute approximate surface area is 122 Å². The lowest BCUT2D eigenvalue weighted by molar-refractivity contribution is 0.467. The molecule has 0 saturated heterocycles. The van der Waals surface area contributed by atoms with Crippen LogP contribution in [0.5, 0.6) is 5.75 Å². The summed E-state index contributed by atoms with van der Waals surface area (Å²) in [6.07, 6.45) is 0. The van der Waals surface area contributed by atoms with Crippen molar-refractivity contribution in [3.8, 4) is 11.8 Å². The first-order valence-corrected chi connectivity index (χ1v) is 6.97. The second-order valence-corrected chi connectivity index (χ2v) is 5.86. The molecule has 0 fully saturated rings. The molecular formula is C15H15N3OS. The van der Waals surface area contributed by atoms with Crippen molar-refractivity contribution in [2.75, 3.05) is 0 Å². The summed E-state index contributed by atoms with van der Waals surface area (Å²) in [4.78, 5) is 9.80. The number of aromatic hydroxyl groups is 1. The van der Waals surface area contributed by atoms with Crippen LogP contribution < -0.4 is 0 Å². The third kappa shape index (κ3) is 2.70. The Bertz CT molecular complexity index is 696. The van der Waals surface area contributed by atoms with Gasteiger partial charge in [0.05, 0.1) is 11.4 Å². The zero-order chi connectivity index (χ0) is 14.9. The van der Waals surface area contributed by atoms with Crippen LogP contribution in [0.25, 0.3) is 0 Å². The fraction of sp³-hybridized carbons (Fsp3) is 0.267. The Morgan fingerprint density at radius 1 is 1.25 bits per heavy atom. The van der Waals surface area contributed by atoms with Gasteiger partial charge >= 0.3 is 0 Å². The van der Waals surface area contributed by atoms with Crippen LogP contribution in [0.3, 0.4) is 0 Å². The molecule has 0 spiro atoms. The van der Waals surface area contributed by atoms with Crippen LogP contribution >= 0.6 is 11.3 Å². The smallest absolute Gasteiger partial charge is 0.177 e. The average molecular weight is 285 g/mol. The minimum Gasteiger partial charge on any atom is -0.507 e. The van der Waals surface area contributed by atoms with Crippen molar-refractivity contribution in [3.63, 3.8) is 0 Å². The number of phenols is 1. The summed E-state index contributed by atoms with van der Waals surface area (Å²) < 4.78 is 0. The van der Waals surface area contributed by atoms with Crippen LogP contribution in [0.1, 0.15) is 26.7 Å². The Hall–Kier alpha value is -2.19. The average Bonchev–Trinajstić information content (AvgIpc) is 2.73. The van der Waals surface area contributed by atoms with E-state index >= 15 is 0 Å². The van der Waals surface area contributed by atoms with Crippen molar-refractivity contribution in [2.45, 2.75) is 27.7 Å². The van der Waals surface area contributed by atoms with Crippen molar-refractivity contribution in [1.82, 2.24) is 4.98 Å². The number of phenolic OH excluding ortho intramolecular Hbond substituents is 1. The summed E-state index contributed by atoms with van der Waals surface area (Å²) in [6.45, 7) is 7.51. The number of nitrogens with zero attached hydrogens (tertiary/aromatic N) is 3. The van der Waals surface area contributed by atoms with Gasteiger partial charge in [-0.25, -0.2) is 9.98 Å². The summed E-state index contributed by atoms with van der Waals surface area (Å²) in [7, 11) is 0. The van der Waals surface area contributed by atoms with Gasteiger partial charge in [-0.3, -0.25) is 0 Å². The number of rotatable bonds is 2. The molecular weight excluding hydrogens is 270 g/mol. The van der Waals surface area contributed by atoms with E-state index in [4.69, 9.17) is 0 Å². The van der Waals surface area contributed by atoms with Gasteiger partial charge in [0.25, 0.3) is 0 Å². The monoisotopic (exact) mass is 285 g/mol. The highest BCUT2D eigenvalue weighted by atomic mass is 32.1. The minimum atomic E-state index is 0.267. The van der Waals surface area contributed by atoms with Crippen LogP contribution in [0.4, 0.5) is 5.69 Å². The second kappa shape index (κ2) is 5.43. The predicted molar refractivity (Wildman–Crippen MR) is 81.0 cm³/mol. The summed E-state index contributed by atoms with van der Waals surface area (Å²) in [6, 6.07) is 5.61. The second-order valence-electron chi connectivity index (χ2n) is 4.66. The molecule has 0 aliphatic heterocycles. The third-order valence-corrected chi connectivity index (χ3v) is 4.13. The fourth-order valence-electron chi connectivity index (χ4n) is 1.82. The summed E-state index contributed by atoms with van der Waals surface area (Å²) in [5.41, 5.74) is 3.36. The largest absolute Gasteiger partial charge is 0.507 e. The lowest BCUT2D eigenvalue weighted by Gasteiger charge is -2.04. The number of hydrogen-bond acceptors (Lipinski definition) is 5. The topological polar surface area (TPSA) is 69.3 Å². The predicted octanol–water partition coefficient (Wildman–Crippen LogP) is 3.73. The third-order valence-electron chi connectivity index (χ3n) is 3.05. The molecule has 0 unspecified atom stereocenters. The van der Waals surface area contributed by atoms with E-state index in [0.717, 1.165) is 21.7 Å². The number of benzene rings is 1. The van der Waals surface area contributed by atoms with Gasteiger partial charge < -0.3 is 5.11 Å². The molecule has 0 atom stereocenters. The minimum absolute atomic E-state index is 0.267. The van der Waals surface area contributed by atoms with E-state index in [9.17, 15) is 10.4 Å². The first-order chi connectivity index (χ1) is 9.42. The molecule has 1 N–H and O–H groups in total. The van der Waals surface area contributed by atoms with Gasteiger partial charge in [0.1, 0.15) is 11.8 Å². The molecule has 102 valence electrons. The zero-order valence-corrected chi connectivity index (χ0v) is 12.7. The normalized spacial score (nSPS) is 11.4. The Morgan fingerprint density at radius 2 is 1.85 bits per heavy atom. The van der Waals surface area contributed by atoms with Crippen molar-refractivity contribution in [2.24, 2.45) is 4.99 Å². The van der Waals surface area contributed by atoms with E-state index in [0.29, 0.717) is 16.4 Å². The molecule has 0 saturated carbocycles. The van der Waals surface area contributed by atoms with Crippen LogP contribution in [0.2, 0.25) is 0 Å². The lowest BCUT2D eigenvalue weighted by Crippen LogP contribution is -1.96. The van der Waals surface area contributed by atoms with Crippen molar-refractivity contribution in [3.05, 3.63) is 38.8 Å². The molecule has 0 amide bonds. The molecule has 1 aromatic carbocycles. The maximum atomic E-state index is 9.76. The maximum absolute atomic E-state index is 9.76. The molecule has 4 nitrogen and oxygen atoms in total. The SMILES string of the molecule is Cc1cc(/N=C(\C#N)c2nc(C)c(C)s2)cc(C)c1O. The maximum Gasteiger partial charge on any atom is 0.177 e. The number of aliphatic imine (C=N–C) groups is 1. The van der Waals surface area contributed by atoms with Crippen LogP contribution in [-0.4, -0.2) is 15.8 Å². The fourth-order valence-corrected chi connectivity index (χ4v) is 2.68. The molecule has 2 rings (SSSR count). The number of aromatic nitrogens is 1. The van der Waals surface area contributed by atoms with Crippen molar-refractivity contribution < 1.29 is 5.11 Å². The van der Waals surface area contributed by atoms with Crippen molar-refractivity contribution >= 4 is 22.7 Å². The molecule has 0 bridgehead atoms. The van der Waals surface area contributed by atoms with Gasteiger partial charge in [0.15, 0.2) is 10.7 Å². The summed E-state index contributed by atoms with van der Waals surface area (Å²) in [5, 5.41) is 19.7. The van der Waals surface area contributed by atoms with E-state index < -0.39 is 0 Å². The van der Waals surface area contributed by atoms with Gasteiger partial charge in [-0.2, -0.15) is 5.26 Å². The van der Waals surface area contributed by atoms with Gasteiger partial charge in [-0.1, -0.05) is 0 Å². The van der Waals surface area contributed by atoms with E-state index in [1.165, 1.54) is 11.3 Å². The van der Waals surface area contributed by atoms with Gasteiger partial charge in [0, 0.05) is 4.88 Å². The number of aryl methyl sites for hydroxylation is 4. The Morgan fingerprint density at radius 3 is 2.30 bits per heavy atom. The van der Waals surface area contributed by atoms with E-state index in [1.54, 1.807) is 12.1 Å². The zero-order valence-electron chi connectivity index (χ0n) is 11.9. The van der Waals surface area contributed by atoms with E-state index in [1.807, 2.05) is 27.7 Å². The molecule has 1 heterocycles. The standard InChI is InChI=1S/C15H15N3OS/c1-8-5-12(6-9(2)14(8)19)18-13(7-16)15-17-10(3)11(4)20-15/h5-6,19H,1-4H3/b18-13+. The highest BCUT2D eigenvalue weighted by Gasteiger charge is 2.11. The summed E-state index contributed by atoms with van der Waals surface area (Å²) in [5.74, 6) is 0.267. The highest BCUT2D eigenvalue weighted by molar-refractivity contribution is 7.14. The van der Waals surface area contributed by atoms with E-state index in [-0.39, 0.29) is 5.75 Å². The number of thiazole rings is 1. The van der Waals surface area contributed by atoms with Crippen molar-refractivity contribution in [1.29, 1.82) is 5.26 Å². The first kappa shape index (κ1) is 14.2. The van der Waals surface area contributed by atoms with Crippen LogP contribution in [0.15, 0.2) is 17.1 Å². The molecule has 2 aromatic rings. The molecule has 0 radical (unpaired) electrons. The first-order valence-electron chi connectivity index (χ1n) is 6.15. The Kier molecular flexibility index (Phi) is 3.86. The molecule has 1 aromatic heterocycles. The molecule has 5 heteroatoms. The summed E-state index contributed by atoms with van der Waals surface area (Å²) >= 11 is 1.46. The van der Waals surface area contributed by atoms with Gasteiger partial charge in [-0.05, 0) is 51.0 Å².